The first-order chi connectivity index (χ1) is 7.79. The number of ether oxygens (including phenoxy) is 1. The fourth-order valence-corrected chi connectivity index (χ4v) is 1.61. The highest BCUT2D eigenvalue weighted by Gasteiger charge is 2.25. The van der Waals surface area contributed by atoms with Gasteiger partial charge in [-0.3, -0.25) is 14.9 Å². The Bertz CT molecular complexity index is 264. The molecule has 0 aliphatic heterocycles. The molecule has 17 heavy (non-hydrogen) atoms. The minimum absolute atomic E-state index is 0.0531. The number of methoxy groups -OCH3 is 1. The quantitative estimate of drug-likeness (QED) is 0.697. The average molecular weight is 244 g/mol. The van der Waals surface area contributed by atoms with Crippen LogP contribution in [0.15, 0.2) is 0 Å². The Morgan fingerprint density at radius 1 is 1.24 bits per heavy atom. The second-order valence-corrected chi connectivity index (χ2v) is 4.83. The number of hydrogen-bond acceptors (Lipinski definition) is 4. The molecule has 0 aliphatic carbocycles. The lowest BCUT2D eigenvalue weighted by Gasteiger charge is -2.24. The summed E-state index contributed by atoms with van der Waals surface area (Å²) in [5.74, 6) is -0.0203. The van der Waals surface area contributed by atoms with E-state index in [0.717, 1.165) is 0 Å². The number of amides is 1. The molecule has 1 amide bonds. The Morgan fingerprint density at radius 3 is 2.12 bits per heavy atom. The van der Waals surface area contributed by atoms with E-state index < -0.39 is 12.1 Å². The Labute approximate surface area is 103 Å². The van der Waals surface area contributed by atoms with Gasteiger partial charge in [0.15, 0.2) is 0 Å². The zero-order valence-electron chi connectivity index (χ0n) is 11.6. The third-order valence-electron chi connectivity index (χ3n) is 2.46. The number of likely N-dealkylation sites (N-methyl/N-ethyl adjacent to an activating group) is 1. The predicted molar refractivity (Wildman–Crippen MR) is 66.6 cm³/mol. The van der Waals surface area contributed by atoms with Crippen molar-refractivity contribution in [2.24, 2.45) is 5.92 Å². The molecule has 0 aliphatic rings. The Hall–Kier alpha value is -1.10. The third-order valence-corrected chi connectivity index (χ3v) is 2.46. The summed E-state index contributed by atoms with van der Waals surface area (Å²) in [6.07, 6.45) is 0.651. The third kappa shape index (κ3) is 5.68. The van der Waals surface area contributed by atoms with Crippen molar-refractivity contribution in [3.8, 4) is 0 Å². The second kappa shape index (κ2) is 7.27. The molecule has 0 aromatic rings. The van der Waals surface area contributed by atoms with Crippen LogP contribution in [0.25, 0.3) is 0 Å². The summed E-state index contributed by atoms with van der Waals surface area (Å²) >= 11 is 0. The number of nitrogens with zero attached hydrogens (tertiary/aromatic N) is 1. The Balaban J connectivity index is 4.52. The maximum Gasteiger partial charge on any atom is 0.322 e. The number of nitrogens with one attached hydrogen (secondary N) is 1. The molecule has 0 bridgehead atoms. The normalized spacial score (nSPS) is 14.3. The van der Waals surface area contributed by atoms with E-state index in [1.165, 1.54) is 12.0 Å². The summed E-state index contributed by atoms with van der Waals surface area (Å²) in [4.78, 5) is 24.8. The summed E-state index contributed by atoms with van der Waals surface area (Å²) in [6.45, 7) is 5.80. The topological polar surface area (TPSA) is 58.6 Å². The fraction of sp³-hybridized carbons (Fsp3) is 0.833. The van der Waals surface area contributed by atoms with Gasteiger partial charge in [-0.15, -0.1) is 0 Å². The van der Waals surface area contributed by atoms with E-state index in [9.17, 15) is 9.59 Å². The van der Waals surface area contributed by atoms with Crippen molar-refractivity contribution in [2.45, 2.75) is 39.3 Å². The van der Waals surface area contributed by atoms with Gasteiger partial charge in [-0.25, -0.2) is 0 Å². The summed E-state index contributed by atoms with van der Waals surface area (Å²) < 4.78 is 4.73. The summed E-state index contributed by atoms with van der Waals surface area (Å²) in [5.41, 5.74) is 0. The van der Waals surface area contributed by atoms with E-state index in [4.69, 9.17) is 4.74 Å². The molecule has 0 radical (unpaired) electrons. The second-order valence-electron chi connectivity index (χ2n) is 4.83. The van der Waals surface area contributed by atoms with Crippen molar-refractivity contribution in [1.82, 2.24) is 10.2 Å². The molecule has 0 heterocycles. The first kappa shape index (κ1) is 15.9. The summed E-state index contributed by atoms with van der Waals surface area (Å²) in [7, 11) is 4.74. The van der Waals surface area contributed by atoms with Crippen LogP contribution in [0, 0.1) is 5.92 Å². The van der Waals surface area contributed by atoms with Gasteiger partial charge in [0, 0.05) is 14.1 Å². The maximum atomic E-state index is 11.7. The number of rotatable bonds is 6. The first-order valence-electron chi connectivity index (χ1n) is 5.84. The smallest absolute Gasteiger partial charge is 0.322 e. The van der Waals surface area contributed by atoms with Crippen LogP contribution in [0.1, 0.15) is 27.2 Å². The maximum absolute atomic E-state index is 11.7. The Kier molecular flexibility index (Phi) is 6.80. The van der Waals surface area contributed by atoms with Gasteiger partial charge in [0.2, 0.25) is 5.91 Å². The van der Waals surface area contributed by atoms with Crippen LogP contribution in [0.4, 0.5) is 0 Å². The van der Waals surface area contributed by atoms with E-state index in [-0.39, 0.29) is 11.9 Å². The van der Waals surface area contributed by atoms with Crippen molar-refractivity contribution in [2.75, 3.05) is 21.2 Å². The van der Waals surface area contributed by atoms with Crippen molar-refractivity contribution in [3.63, 3.8) is 0 Å². The van der Waals surface area contributed by atoms with Gasteiger partial charge < -0.3 is 9.64 Å². The minimum atomic E-state index is -0.432. The van der Waals surface area contributed by atoms with Gasteiger partial charge in [-0.1, -0.05) is 13.8 Å². The lowest BCUT2D eigenvalue weighted by Crippen LogP contribution is -2.49. The summed E-state index contributed by atoms with van der Waals surface area (Å²) in [6, 6.07) is -0.827. The number of esters is 1. The van der Waals surface area contributed by atoms with Crippen LogP contribution in [-0.4, -0.2) is 50.1 Å². The van der Waals surface area contributed by atoms with Gasteiger partial charge in [-0.05, 0) is 19.3 Å². The molecule has 2 unspecified atom stereocenters. The van der Waals surface area contributed by atoms with Crippen LogP contribution in [0.5, 0.6) is 0 Å². The van der Waals surface area contributed by atoms with Crippen molar-refractivity contribution in [3.05, 3.63) is 0 Å². The fourth-order valence-electron chi connectivity index (χ4n) is 1.61. The zero-order valence-corrected chi connectivity index (χ0v) is 11.6. The minimum Gasteiger partial charge on any atom is -0.468 e. The van der Waals surface area contributed by atoms with Crippen LogP contribution in [0.2, 0.25) is 0 Å². The molecule has 0 aromatic carbocycles. The number of hydrogen-bond donors (Lipinski definition) is 1. The van der Waals surface area contributed by atoms with Gasteiger partial charge in [-0.2, -0.15) is 0 Å². The molecule has 0 fully saturated rings. The summed E-state index contributed by atoms with van der Waals surface area (Å²) in [5, 5.41) is 3.01. The van der Waals surface area contributed by atoms with E-state index in [2.05, 4.69) is 5.32 Å². The van der Waals surface area contributed by atoms with Crippen LogP contribution in [-0.2, 0) is 14.3 Å². The molecule has 5 nitrogen and oxygen atoms in total. The van der Waals surface area contributed by atoms with Crippen LogP contribution >= 0.6 is 0 Å². The molecule has 1 N–H and O–H groups in total. The van der Waals surface area contributed by atoms with Gasteiger partial charge in [0.1, 0.15) is 6.04 Å². The molecule has 2 atom stereocenters. The Morgan fingerprint density at radius 2 is 1.76 bits per heavy atom. The highest BCUT2D eigenvalue weighted by atomic mass is 16.5. The largest absolute Gasteiger partial charge is 0.468 e. The highest BCUT2D eigenvalue weighted by molar-refractivity contribution is 5.82. The molecular weight excluding hydrogens is 220 g/mol. The zero-order chi connectivity index (χ0) is 13.6. The lowest BCUT2D eigenvalue weighted by atomic mass is 10.0. The van der Waals surface area contributed by atoms with Crippen LogP contribution in [0.3, 0.4) is 0 Å². The van der Waals surface area contributed by atoms with Gasteiger partial charge >= 0.3 is 5.97 Å². The molecule has 0 aromatic heterocycles. The van der Waals surface area contributed by atoms with Gasteiger partial charge in [0.25, 0.3) is 0 Å². The lowest BCUT2D eigenvalue weighted by molar-refractivity contribution is -0.144. The van der Waals surface area contributed by atoms with E-state index in [1.54, 1.807) is 21.0 Å². The molecule has 0 rings (SSSR count). The molecule has 100 valence electrons. The standard InChI is InChI=1S/C12H24N2O3/c1-8(2)7-10(12(16)17-6)13-9(3)11(15)14(4)5/h8-10,13H,7H2,1-6H3. The molecular formula is C12H24N2O3. The van der Waals surface area contributed by atoms with Crippen molar-refractivity contribution in [1.29, 1.82) is 0 Å². The first-order valence-corrected chi connectivity index (χ1v) is 5.84. The number of carbonyl (C=O) groups excluding carboxylic acids is 2. The monoisotopic (exact) mass is 244 g/mol. The molecule has 5 heteroatoms. The SMILES string of the molecule is COC(=O)C(CC(C)C)NC(C)C(=O)N(C)C. The van der Waals surface area contributed by atoms with E-state index in [0.29, 0.717) is 12.3 Å². The predicted octanol–water partition coefficient (Wildman–Crippen LogP) is 0.640. The molecule has 0 spiro atoms. The molecule has 0 saturated heterocycles. The van der Waals surface area contributed by atoms with Crippen molar-refractivity contribution < 1.29 is 14.3 Å². The van der Waals surface area contributed by atoms with Gasteiger partial charge in [0.05, 0.1) is 13.2 Å². The van der Waals surface area contributed by atoms with Crippen LogP contribution < -0.4 is 5.32 Å². The number of carbonyl (C=O) groups is 2. The van der Waals surface area contributed by atoms with Crippen molar-refractivity contribution >= 4 is 11.9 Å². The van der Waals surface area contributed by atoms with E-state index in [1.807, 2.05) is 13.8 Å². The van der Waals surface area contributed by atoms with E-state index >= 15 is 0 Å². The molecule has 0 saturated carbocycles. The highest BCUT2D eigenvalue weighted by Crippen LogP contribution is 2.07. The average Bonchev–Trinajstić information content (AvgIpc) is 2.24.